The molecule has 0 unspecified atom stereocenters. The lowest BCUT2D eigenvalue weighted by atomic mass is 10.4. The molecule has 0 aliphatic carbocycles. The van der Waals surface area contributed by atoms with E-state index in [9.17, 15) is 0 Å². The molecule has 3 aromatic rings. The maximum absolute atomic E-state index is 7.56. The van der Waals surface area contributed by atoms with Gasteiger partial charge in [0.05, 0.1) is 0 Å². The highest BCUT2D eigenvalue weighted by Crippen LogP contribution is 2.32. The zero-order valence-electron chi connectivity index (χ0n) is 12.8. The molecule has 24 heavy (non-hydrogen) atoms. The van der Waals surface area contributed by atoms with Crippen LogP contribution < -0.4 is 15.9 Å². The standard InChI is InChI=1S/C18H15P.H3O3PS/c1-4-10-16(11-5-1)19(17-12-6-2-7-13-17)18-14-8-3-9-15-18;1-4(2,3)5/h1-15H;(H3,1,2,3,5). The quantitative estimate of drug-likeness (QED) is 0.615. The lowest BCUT2D eigenvalue weighted by Crippen LogP contribution is -2.20. The average Bonchev–Trinajstić information content (AvgIpc) is 2.57. The first kappa shape index (κ1) is 19.0. The van der Waals surface area contributed by atoms with Gasteiger partial charge in [-0.2, -0.15) is 0 Å². The molecular formula is C18H18O3P2S. The van der Waals surface area contributed by atoms with Gasteiger partial charge in [0, 0.05) is 0 Å². The fraction of sp³-hybridized carbons (Fsp3) is 0. The Labute approximate surface area is 148 Å². The van der Waals surface area contributed by atoms with Crippen molar-refractivity contribution in [2.75, 3.05) is 0 Å². The Kier molecular flexibility index (Phi) is 7.26. The van der Waals surface area contributed by atoms with E-state index in [2.05, 4.69) is 103 Å². The summed E-state index contributed by atoms with van der Waals surface area (Å²) in [5.41, 5.74) is 0. The van der Waals surface area contributed by atoms with Gasteiger partial charge in [-0.15, -0.1) is 0 Å². The third-order valence-corrected chi connectivity index (χ3v) is 5.49. The van der Waals surface area contributed by atoms with Crippen molar-refractivity contribution >= 4 is 42.4 Å². The Hall–Kier alpha value is -1.38. The summed E-state index contributed by atoms with van der Waals surface area (Å²) in [5, 5.41) is 4.19. The van der Waals surface area contributed by atoms with E-state index in [0.717, 1.165) is 0 Å². The van der Waals surface area contributed by atoms with Crippen LogP contribution in [-0.4, -0.2) is 14.7 Å². The van der Waals surface area contributed by atoms with E-state index in [1.807, 2.05) is 0 Å². The average molecular weight is 376 g/mol. The molecule has 0 saturated carbocycles. The van der Waals surface area contributed by atoms with Crippen molar-refractivity contribution in [1.29, 1.82) is 0 Å². The van der Waals surface area contributed by atoms with Gasteiger partial charge in [-0.05, 0) is 35.6 Å². The number of hydrogen-bond acceptors (Lipinski definition) is 1. The van der Waals surface area contributed by atoms with E-state index in [1.54, 1.807) is 0 Å². The predicted octanol–water partition coefficient (Wildman–Crippen LogP) is 2.63. The predicted molar refractivity (Wildman–Crippen MR) is 106 cm³/mol. The van der Waals surface area contributed by atoms with E-state index < -0.39 is 14.6 Å². The van der Waals surface area contributed by atoms with Crippen LogP contribution in [0.3, 0.4) is 0 Å². The zero-order valence-corrected chi connectivity index (χ0v) is 15.4. The molecule has 3 rings (SSSR count). The van der Waals surface area contributed by atoms with E-state index in [-0.39, 0.29) is 0 Å². The van der Waals surface area contributed by atoms with Gasteiger partial charge in [0.15, 0.2) is 0 Å². The highest BCUT2D eigenvalue weighted by atomic mass is 32.5. The van der Waals surface area contributed by atoms with Crippen LogP contribution in [0.2, 0.25) is 0 Å². The van der Waals surface area contributed by atoms with Gasteiger partial charge in [0.1, 0.15) is 0 Å². The van der Waals surface area contributed by atoms with Crippen LogP contribution in [0.1, 0.15) is 0 Å². The molecule has 0 atom stereocenters. The molecule has 0 aliphatic heterocycles. The molecule has 0 aliphatic rings. The van der Waals surface area contributed by atoms with Crippen LogP contribution in [0.15, 0.2) is 91.0 Å². The molecule has 6 heteroatoms. The number of hydrogen-bond donors (Lipinski definition) is 3. The molecule has 0 fully saturated rings. The molecule has 0 heterocycles. The molecule has 3 N–H and O–H groups in total. The second kappa shape index (κ2) is 9.19. The van der Waals surface area contributed by atoms with Gasteiger partial charge in [-0.25, -0.2) is 0 Å². The fourth-order valence-corrected chi connectivity index (χ4v) is 4.48. The van der Waals surface area contributed by atoms with Crippen molar-refractivity contribution in [3.05, 3.63) is 91.0 Å². The summed E-state index contributed by atoms with van der Waals surface area (Å²) in [7, 11) is -0.446. The van der Waals surface area contributed by atoms with Gasteiger partial charge >= 0.3 is 6.72 Å². The molecule has 3 nitrogen and oxygen atoms in total. The third kappa shape index (κ3) is 6.62. The minimum Gasteiger partial charge on any atom is -0.325 e. The van der Waals surface area contributed by atoms with Gasteiger partial charge in [-0.1, -0.05) is 91.0 Å². The number of benzene rings is 3. The van der Waals surface area contributed by atoms with Gasteiger partial charge in [0.25, 0.3) is 0 Å². The van der Waals surface area contributed by atoms with Crippen LogP contribution in [0.5, 0.6) is 0 Å². The zero-order chi connectivity index (χ0) is 17.4. The van der Waals surface area contributed by atoms with E-state index in [1.165, 1.54) is 15.9 Å². The maximum atomic E-state index is 7.56. The van der Waals surface area contributed by atoms with E-state index in [4.69, 9.17) is 14.7 Å². The van der Waals surface area contributed by atoms with E-state index >= 15 is 0 Å². The minimum atomic E-state index is -3.81. The van der Waals surface area contributed by atoms with Gasteiger partial charge < -0.3 is 14.7 Å². The molecule has 3 aromatic carbocycles. The van der Waals surface area contributed by atoms with Crippen LogP contribution in [0, 0.1) is 0 Å². The fourth-order valence-electron chi connectivity index (χ4n) is 2.18. The summed E-state index contributed by atoms with van der Waals surface area (Å²) in [6.45, 7) is -3.81. The first-order valence-electron chi connectivity index (χ1n) is 7.19. The number of rotatable bonds is 3. The van der Waals surface area contributed by atoms with Crippen molar-refractivity contribution in [1.82, 2.24) is 0 Å². The minimum absolute atomic E-state index is 0.446. The highest BCUT2D eigenvalue weighted by Gasteiger charge is 2.14. The Morgan fingerprint density at radius 1 is 0.542 bits per heavy atom. The summed E-state index contributed by atoms with van der Waals surface area (Å²) >= 11 is 3.60. The Bertz CT molecular complexity index is 675. The van der Waals surface area contributed by atoms with Crippen LogP contribution in [0.4, 0.5) is 0 Å². The largest absolute Gasteiger partial charge is 0.325 e. The van der Waals surface area contributed by atoms with Crippen LogP contribution in [-0.2, 0) is 11.8 Å². The first-order valence-corrected chi connectivity index (χ1v) is 11.2. The maximum Gasteiger partial charge on any atom is 0.319 e. The van der Waals surface area contributed by atoms with Crippen LogP contribution in [0.25, 0.3) is 0 Å². The topological polar surface area (TPSA) is 60.7 Å². The second-order valence-electron chi connectivity index (χ2n) is 4.86. The molecule has 0 amide bonds. The summed E-state index contributed by atoms with van der Waals surface area (Å²) < 4.78 is 0. The molecule has 0 saturated heterocycles. The van der Waals surface area contributed by atoms with Crippen molar-refractivity contribution < 1.29 is 14.7 Å². The highest BCUT2D eigenvalue weighted by molar-refractivity contribution is 8.06. The van der Waals surface area contributed by atoms with E-state index in [0.29, 0.717) is 0 Å². The van der Waals surface area contributed by atoms with Crippen LogP contribution >= 0.6 is 14.6 Å². The Balaban J connectivity index is 0.000000368. The normalized spacial score (nSPS) is 10.8. The van der Waals surface area contributed by atoms with Gasteiger partial charge in [0.2, 0.25) is 0 Å². The van der Waals surface area contributed by atoms with Crippen molar-refractivity contribution in [3.63, 3.8) is 0 Å². The summed E-state index contributed by atoms with van der Waals surface area (Å²) in [4.78, 5) is 22.7. The third-order valence-electron chi connectivity index (χ3n) is 3.04. The molecule has 0 aromatic heterocycles. The summed E-state index contributed by atoms with van der Waals surface area (Å²) in [6.07, 6.45) is 0. The van der Waals surface area contributed by atoms with Crippen molar-refractivity contribution in [2.24, 2.45) is 0 Å². The lowest BCUT2D eigenvalue weighted by molar-refractivity contribution is 0.363. The molecular weight excluding hydrogens is 358 g/mol. The molecule has 0 bridgehead atoms. The molecule has 124 valence electrons. The SMILES string of the molecule is OP(O)(O)=S.c1ccc(P(c2ccccc2)c2ccccc2)cc1. The second-order valence-corrected chi connectivity index (χ2v) is 9.57. The smallest absolute Gasteiger partial charge is 0.319 e. The Morgan fingerprint density at radius 3 is 0.958 bits per heavy atom. The molecule has 0 radical (unpaired) electrons. The summed E-state index contributed by atoms with van der Waals surface area (Å²) in [6, 6.07) is 32.3. The Morgan fingerprint density at radius 2 is 0.750 bits per heavy atom. The molecule has 0 spiro atoms. The monoisotopic (exact) mass is 376 g/mol. The van der Waals surface area contributed by atoms with Crippen molar-refractivity contribution in [3.8, 4) is 0 Å². The first-order chi connectivity index (χ1) is 11.4. The van der Waals surface area contributed by atoms with Gasteiger partial charge in [-0.3, -0.25) is 0 Å². The lowest BCUT2D eigenvalue weighted by Gasteiger charge is -2.18. The summed E-state index contributed by atoms with van der Waals surface area (Å²) in [5.74, 6) is 0. The van der Waals surface area contributed by atoms with Crippen molar-refractivity contribution in [2.45, 2.75) is 0 Å².